The molecule has 4 rings (SSSR count). The molecule has 1 saturated heterocycles. The number of amides is 1. The second kappa shape index (κ2) is 14.3. The van der Waals surface area contributed by atoms with Crippen molar-refractivity contribution in [3.63, 3.8) is 0 Å². The highest BCUT2D eigenvalue weighted by Crippen LogP contribution is 2.25. The fourth-order valence-corrected chi connectivity index (χ4v) is 6.10. The van der Waals surface area contributed by atoms with Gasteiger partial charge in [-0.05, 0) is 54.2 Å². The van der Waals surface area contributed by atoms with Gasteiger partial charge >= 0.3 is 0 Å². The van der Waals surface area contributed by atoms with Gasteiger partial charge in [0.25, 0.3) is 0 Å². The summed E-state index contributed by atoms with van der Waals surface area (Å²) in [4.78, 5) is 15.5. The van der Waals surface area contributed by atoms with Crippen molar-refractivity contribution >= 4 is 44.8 Å². The molecule has 1 amide bonds. The van der Waals surface area contributed by atoms with E-state index >= 15 is 0 Å². The van der Waals surface area contributed by atoms with Crippen molar-refractivity contribution in [2.45, 2.75) is 32.0 Å². The SMILES string of the molecule is CS(=O)(=O)N(CC1CCN(C(=O)[C@H](COCc2ccc(Cl)c(Cl)c2)NCc2ccccc2)CC1)c1ccccc1. The molecule has 0 radical (unpaired) electrons. The molecule has 1 atom stereocenters. The summed E-state index contributed by atoms with van der Waals surface area (Å²) in [6.07, 6.45) is 2.68. The zero-order chi connectivity index (χ0) is 28.5. The van der Waals surface area contributed by atoms with Crippen molar-refractivity contribution in [2.24, 2.45) is 5.92 Å². The molecule has 1 aliphatic heterocycles. The van der Waals surface area contributed by atoms with Gasteiger partial charge in [0.15, 0.2) is 0 Å². The average Bonchev–Trinajstić information content (AvgIpc) is 2.96. The van der Waals surface area contributed by atoms with Gasteiger partial charge in [0.2, 0.25) is 15.9 Å². The summed E-state index contributed by atoms with van der Waals surface area (Å²) in [5.74, 6) is 0.132. The third-order valence-electron chi connectivity index (χ3n) is 7.03. The maximum atomic E-state index is 13.6. The van der Waals surface area contributed by atoms with Gasteiger partial charge in [-0.2, -0.15) is 0 Å². The Morgan fingerprint density at radius 2 is 1.62 bits per heavy atom. The number of anilines is 1. The van der Waals surface area contributed by atoms with E-state index in [2.05, 4.69) is 5.32 Å². The van der Waals surface area contributed by atoms with Crippen molar-refractivity contribution in [2.75, 3.05) is 36.8 Å². The molecule has 0 spiro atoms. The number of hydrogen-bond acceptors (Lipinski definition) is 5. The highest BCUT2D eigenvalue weighted by molar-refractivity contribution is 7.92. The zero-order valence-electron chi connectivity index (χ0n) is 22.5. The van der Waals surface area contributed by atoms with E-state index in [4.69, 9.17) is 27.9 Å². The minimum atomic E-state index is -3.42. The van der Waals surface area contributed by atoms with Gasteiger partial charge in [0.05, 0.1) is 35.2 Å². The van der Waals surface area contributed by atoms with Crippen LogP contribution < -0.4 is 9.62 Å². The lowest BCUT2D eigenvalue weighted by Gasteiger charge is -2.36. The topological polar surface area (TPSA) is 79.0 Å². The van der Waals surface area contributed by atoms with E-state index < -0.39 is 16.1 Å². The number of piperidine rings is 1. The first-order valence-corrected chi connectivity index (χ1v) is 15.9. The number of likely N-dealkylation sites (tertiary alicyclic amines) is 1. The average molecular weight is 605 g/mol. The number of para-hydroxylation sites is 1. The van der Waals surface area contributed by atoms with Crippen LogP contribution in [0.3, 0.4) is 0 Å². The summed E-state index contributed by atoms with van der Waals surface area (Å²) in [5, 5.41) is 4.32. The molecule has 0 saturated carbocycles. The number of hydrogen-bond donors (Lipinski definition) is 1. The predicted octanol–water partition coefficient (Wildman–Crippen LogP) is 5.37. The molecule has 1 aliphatic rings. The largest absolute Gasteiger partial charge is 0.375 e. The molecular weight excluding hydrogens is 569 g/mol. The van der Waals surface area contributed by atoms with E-state index in [0.29, 0.717) is 48.5 Å². The zero-order valence-corrected chi connectivity index (χ0v) is 24.8. The van der Waals surface area contributed by atoms with Crippen LogP contribution in [0.5, 0.6) is 0 Å². The van der Waals surface area contributed by atoms with Gasteiger partial charge in [-0.3, -0.25) is 14.4 Å². The van der Waals surface area contributed by atoms with E-state index in [-0.39, 0.29) is 18.4 Å². The van der Waals surface area contributed by atoms with Crippen LogP contribution in [0.2, 0.25) is 10.0 Å². The maximum absolute atomic E-state index is 13.6. The van der Waals surface area contributed by atoms with Crippen LogP contribution in [-0.2, 0) is 32.7 Å². The first-order valence-electron chi connectivity index (χ1n) is 13.3. The minimum Gasteiger partial charge on any atom is -0.375 e. The molecule has 1 heterocycles. The van der Waals surface area contributed by atoms with E-state index in [0.717, 1.165) is 24.0 Å². The summed E-state index contributed by atoms with van der Waals surface area (Å²) >= 11 is 12.1. The van der Waals surface area contributed by atoms with Crippen LogP contribution in [0.25, 0.3) is 0 Å². The van der Waals surface area contributed by atoms with Crippen molar-refractivity contribution in [1.82, 2.24) is 10.2 Å². The monoisotopic (exact) mass is 603 g/mol. The fraction of sp³-hybridized carbons (Fsp3) is 0.367. The number of sulfonamides is 1. The van der Waals surface area contributed by atoms with Crippen molar-refractivity contribution < 1.29 is 17.9 Å². The first-order chi connectivity index (χ1) is 19.2. The lowest BCUT2D eigenvalue weighted by Crippen LogP contribution is -2.51. The molecule has 214 valence electrons. The Hall–Kier alpha value is -2.62. The second-order valence-electron chi connectivity index (χ2n) is 10.1. The van der Waals surface area contributed by atoms with Crippen molar-refractivity contribution in [1.29, 1.82) is 0 Å². The first kappa shape index (κ1) is 30.3. The van der Waals surface area contributed by atoms with Gasteiger partial charge in [-0.25, -0.2) is 8.42 Å². The number of carbonyl (C=O) groups is 1. The van der Waals surface area contributed by atoms with Gasteiger partial charge in [-0.15, -0.1) is 0 Å². The molecule has 0 unspecified atom stereocenters. The molecule has 0 aliphatic carbocycles. The maximum Gasteiger partial charge on any atom is 0.242 e. The Morgan fingerprint density at radius 1 is 0.975 bits per heavy atom. The second-order valence-corrected chi connectivity index (χ2v) is 12.8. The number of rotatable bonds is 12. The van der Waals surface area contributed by atoms with Crippen LogP contribution in [0, 0.1) is 5.92 Å². The quantitative estimate of drug-likeness (QED) is 0.301. The number of nitrogens with one attached hydrogen (secondary N) is 1. The third kappa shape index (κ3) is 8.69. The molecule has 0 bridgehead atoms. The van der Waals surface area contributed by atoms with E-state index in [1.807, 2.05) is 59.5 Å². The lowest BCUT2D eigenvalue weighted by atomic mass is 9.96. The van der Waals surface area contributed by atoms with Crippen LogP contribution >= 0.6 is 23.2 Å². The van der Waals surface area contributed by atoms with E-state index in [9.17, 15) is 13.2 Å². The summed E-state index contributed by atoms with van der Waals surface area (Å²) in [5.41, 5.74) is 2.61. The molecule has 40 heavy (non-hydrogen) atoms. The number of carbonyl (C=O) groups excluding carboxylic acids is 1. The van der Waals surface area contributed by atoms with Crippen LogP contribution in [0.15, 0.2) is 78.9 Å². The fourth-order valence-electron chi connectivity index (χ4n) is 4.80. The van der Waals surface area contributed by atoms with Crippen molar-refractivity contribution in [3.05, 3.63) is 100 Å². The number of halogens is 2. The number of nitrogens with zero attached hydrogens (tertiary/aromatic N) is 2. The Morgan fingerprint density at radius 3 is 2.25 bits per heavy atom. The lowest BCUT2D eigenvalue weighted by molar-refractivity contribution is -0.136. The third-order valence-corrected chi connectivity index (χ3v) is 8.93. The van der Waals surface area contributed by atoms with E-state index in [1.165, 1.54) is 10.6 Å². The van der Waals surface area contributed by atoms with Gasteiger partial charge < -0.3 is 9.64 Å². The van der Waals surface area contributed by atoms with Gasteiger partial charge in [0, 0.05) is 26.2 Å². The number of benzene rings is 3. The molecule has 1 N–H and O–H groups in total. The summed E-state index contributed by atoms with van der Waals surface area (Å²) < 4.78 is 32.5. The van der Waals surface area contributed by atoms with Crippen LogP contribution in [-0.4, -0.2) is 57.8 Å². The molecule has 7 nitrogen and oxygen atoms in total. The van der Waals surface area contributed by atoms with Crippen LogP contribution in [0.1, 0.15) is 24.0 Å². The van der Waals surface area contributed by atoms with Crippen molar-refractivity contribution in [3.8, 4) is 0 Å². The molecule has 1 fully saturated rings. The molecule has 3 aromatic rings. The summed E-state index contributed by atoms with van der Waals surface area (Å²) in [7, 11) is -3.42. The summed E-state index contributed by atoms with van der Waals surface area (Å²) in [6.45, 7) is 2.55. The van der Waals surface area contributed by atoms with Crippen LogP contribution in [0.4, 0.5) is 5.69 Å². The molecule has 10 heteroatoms. The molecule has 0 aromatic heterocycles. The highest BCUT2D eigenvalue weighted by atomic mass is 35.5. The standard InChI is InChI=1S/C30H35Cl2N3O4S/c1-40(37,38)35(26-10-6-3-7-11-26)20-24-14-16-34(17-15-24)30(36)29(33-19-23-8-4-2-5-9-23)22-39-21-25-12-13-27(31)28(32)18-25/h2-13,18,24,29,33H,14-17,19-22H2,1H3/t29-/m0/s1. The summed E-state index contributed by atoms with van der Waals surface area (Å²) in [6, 6.07) is 23.9. The smallest absolute Gasteiger partial charge is 0.242 e. The molecule has 3 aromatic carbocycles. The highest BCUT2D eigenvalue weighted by Gasteiger charge is 2.30. The minimum absolute atomic E-state index is 0.0217. The Bertz CT molecular complexity index is 1350. The Labute approximate surface area is 247 Å². The number of ether oxygens (including phenoxy) is 1. The molecular formula is C30H35Cl2N3O4S. The Kier molecular flexibility index (Phi) is 10.9. The normalized spacial score (nSPS) is 15.1. The predicted molar refractivity (Wildman–Crippen MR) is 161 cm³/mol. The Balaban J connectivity index is 1.36. The van der Waals surface area contributed by atoms with Gasteiger partial charge in [-0.1, -0.05) is 77.8 Å². The van der Waals surface area contributed by atoms with Gasteiger partial charge in [0.1, 0.15) is 6.04 Å². The van der Waals surface area contributed by atoms with E-state index in [1.54, 1.807) is 24.3 Å².